The van der Waals surface area contributed by atoms with E-state index >= 15 is 0 Å². The highest BCUT2D eigenvalue weighted by Gasteiger charge is 2.22. The highest BCUT2D eigenvalue weighted by atomic mass is 19.1. The van der Waals surface area contributed by atoms with Crippen LogP contribution in [0.1, 0.15) is 36.9 Å². The summed E-state index contributed by atoms with van der Waals surface area (Å²) in [5.41, 5.74) is 3.81. The number of carboxylic acids is 1. The Morgan fingerprint density at radius 2 is 1.85 bits per heavy atom. The zero-order valence-corrected chi connectivity index (χ0v) is 26.8. The molecule has 10 nitrogen and oxygen atoms in total. The van der Waals surface area contributed by atoms with Crippen molar-refractivity contribution in [3.63, 3.8) is 0 Å². The van der Waals surface area contributed by atoms with Crippen LogP contribution in [0.4, 0.5) is 16.0 Å². The number of nitrogens with zero attached hydrogens (tertiary/aromatic N) is 5. The van der Waals surface area contributed by atoms with Gasteiger partial charge in [0.15, 0.2) is 5.82 Å². The molecule has 0 bridgehead atoms. The number of pyridine rings is 2. The third-order valence-corrected chi connectivity index (χ3v) is 8.46. The topological polar surface area (TPSA) is 125 Å². The zero-order chi connectivity index (χ0) is 33.1. The average molecular weight is 650 g/mol. The smallest absolute Gasteiger partial charge is 0.326 e. The van der Waals surface area contributed by atoms with Gasteiger partial charge in [0.05, 0.1) is 5.52 Å². The number of hydrogen-bond donors (Lipinski definition) is 3. The molecular formula is C37H40FN7O3. The first-order valence-electron chi connectivity index (χ1n) is 16.5. The second kappa shape index (κ2) is 16.1. The van der Waals surface area contributed by atoms with Crippen molar-refractivity contribution in [2.45, 2.75) is 44.6 Å². The molecule has 1 atom stereocenters. The minimum absolute atomic E-state index is 0.315. The van der Waals surface area contributed by atoms with Crippen molar-refractivity contribution in [1.82, 2.24) is 24.8 Å². The molecule has 0 fully saturated rings. The molecule has 11 heteroatoms. The molecule has 0 aliphatic carbocycles. The maximum Gasteiger partial charge on any atom is 0.326 e. The summed E-state index contributed by atoms with van der Waals surface area (Å²) in [6.45, 7) is 3.23. The molecule has 0 amide bonds. The third kappa shape index (κ3) is 8.80. The van der Waals surface area contributed by atoms with Crippen molar-refractivity contribution in [3.8, 4) is 17.1 Å². The summed E-state index contributed by atoms with van der Waals surface area (Å²) in [5.74, 6) is 1.25. The number of ether oxygens (including phenoxy) is 1. The molecule has 48 heavy (non-hydrogen) atoms. The van der Waals surface area contributed by atoms with Crippen LogP contribution in [0, 0.1) is 5.82 Å². The van der Waals surface area contributed by atoms with E-state index < -0.39 is 12.0 Å². The van der Waals surface area contributed by atoms with Crippen molar-refractivity contribution >= 4 is 28.5 Å². The largest absolute Gasteiger partial charge is 0.492 e. The zero-order valence-electron chi connectivity index (χ0n) is 26.8. The number of carboxylic acid groups (broad SMARTS) is 1. The van der Waals surface area contributed by atoms with E-state index in [1.165, 1.54) is 17.7 Å². The number of anilines is 2. The van der Waals surface area contributed by atoms with Gasteiger partial charge in [-0.25, -0.2) is 24.1 Å². The van der Waals surface area contributed by atoms with E-state index in [1.807, 2.05) is 36.4 Å². The lowest BCUT2D eigenvalue weighted by Crippen LogP contribution is -2.37. The highest BCUT2D eigenvalue weighted by molar-refractivity contribution is 5.92. The average Bonchev–Trinajstić information content (AvgIpc) is 3.12. The Hall–Kier alpha value is -5.16. The van der Waals surface area contributed by atoms with Gasteiger partial charge >= 0.3 is 5.97 Å². The fourth-order valence-electron chi connectivity index (χ4n) is 5.85. The molecule has 0 spiro atoms. The van der Waals surface area contributed by atoms with E-state index in [-0.39, 0.29) is 5.82 Å². The maximum atomic E-state index is 13.4. The van der Waals surface area contributed by atoms with Crippen LogP contribution in [0.2, 0.25) is 0 Å². The predicted molar refractivity (Wildman–Crippen MR) is 185 cm³/mol. The van der Waals surface area contributed by atoms with Gasteiger partial charge in [-0.2, -0.15) is 0 Å². The van der Waals surface area contributed by atoms with Gasteiger partial charge in [0.2, 0.25) is 0 Å². The lowest BCUT2D eigenvalue weighted by Gasteiger charge is -2.25. The van der Waals surface area contributed by atoms with Gasteiger partial charge in [-0.05, 0) is 105 Å². The Morgan fingerprint density at radius 1 is 0.979 bits per heavy atom. The number of halogens is 1. The normalized spacial score (nSPS) is 13.1. The molecule has 248 valence electrons. The quantitative estimate of drug-likeness (QED) is 0.106. The number of para-hydroxylation sites is 1. The van der Waals surface area contributed by atoms with Gasteiger partial charge in [-0.15, -0.1) is 0 Å². The van der Waals surface area contributed by atoms with Crippen LogP contribution >= 0.6 is 0 Å². The van der Waals surface area contributed by atoms with Crippen molar-refractivity contribution in [2.75, 3.05) is 43.4 Å². The lowest BCUT2D eigenvalue weighted by atomic mass is 10.1. The van der Waals surface area contributed by atoms with E-state index in [0.29, 0.717) is 49.0 Å². The highest BCUT2D eigenvalue weighted by Crippen LogP contribution is 2.26. The fourth-order valence-corrected chi connectivity index (χ4v) is 5.85. The monoisotopic (exact) mass is 649 g/mol. The van der Waals surface area contributed by atoms with Crippen LogP contribution in [-0.4, -0.2) is 74.7 Å². The molecule has 1 unspecified atom stereocenters. The van der Waals surface area contributed by atoms with Gasteiger partial charge in [-0.3, -0.25) is 9.88 Å². The van der Waals surface area contributed by atoms with Crippen LogP contribution in [0.5, 0.6) is 5.75 Å². The molecular weight excluding hydrogens is 609 g/mol. The number of fused-ring (bicyclic) bond motifs is 2. The number of aliphatic carboxylic acids is 1. The third-order valence-electron chi connectivity index (χ3n) is 8.46. The van der Waals surface area contributed by atoms with Crippen LogP contribution < -0.4 is 15.4 Å². The van der Waals surface area contributed by atoms with Crippen molar-refractivity contribution < 1.29 is 19.0 Å². The van der Waals surface area contributed by atoms with E-state index in [0.717, 1.165) is 67.7 Å². The molecule has 3 aromatic heterocycles. The van der Waals surface area contributed by atoms with Crippen LogP contribution in [-0.2, 0) is 17.6 Å². The Kier molecular flexibility index (Phi) is 11.0. The summed E-state index contributed by atoms with van der Waals surface area (Å²) in [6, 6.07) is 20.6. The van der Waals surface area contributed by atoms with Crippen LogP contribution in [0.15, 0.2) is 85.2 Å². The number of unbranched alkanes of at least 4 members (excludes halogenated alkanes) is 1. The second-order valence-corrected chi connectivity index (χ2v) is 11.9. The van der Waals surface area contributed by atoms with Crippen molar-refractivity contribution in [3.05, 3.63) is 102 Å². The van der Waals surface area contributed by atoms with E-state index in [2.05, 4.69) is 32.7 Å². The standard InChI is InChI=1S/C37H40FN7O3/c38-28-13-16-30(17-14-28)48-24-23-45(21-4-3-9-29-15-12-26-7-6-20-40-34(26)41-29)22-18-33(37(46)47)43-36-31-10-1-2-11-32(31)42-35(44-36)27-8-5-19-39-25-27/h1-2,5,8,10-17,19,25,33H,3-4,6-7,9,18,20-24H2,(H,40,41)(H,46,47)(H,42,43,44). The summed E-state index contributed by atoms with van der Waals surface area (Å²) >= 11 is 0. The fraction of sp³-hybridized carbons (Fsp3) is 0.324. The number of benzene rings is 2. The van der Waals surface area contributed by atoms with Crippen molar-refractivity contribution in [1.29, 1.82) is 0 Å². The maximum absolute atomic E-state index is 13.4. The number of hydrogen-bond acceptors (Lipinski definition) is 9. The molecule has 0 saturated heterocycles. The molecule has 4 heterocycles. The van der Waals surface area contributed by atoms with Gasteiger partial charge in [0.1, 0.15) is 35.9 Å². The summed E-state index contributed by atoms with van der Waals surface area (Å²) in [6.07, 6.45) is 8.64. The summed E-state index contributed by atoms with van der Waals surface area (Å²) in [5, 5.41) is 17.6. The summed E-state index contributed by atoms with van der Waals surface area (Å²) in [4.78, 5) is 33.2. The molecule has 0 saturated carbocycles. The molecule has 1 aliphatic heterocycles. The summed E-state index contributed by atoms with van der Waals surface area (Å²) in [7, 11) is 0. The van der Waals surface area contributed by atoms with Crippen LogP contribution in [0.3, 0.4) is 0 Å². The molecule has 5 aromatic rings. The molecule has 3 N–H and O–H groups in total. The second-order valence-electron chi connectivity index (χ2n) is 11.9. The Bertz CT molecular complexity index is 1810. The van der Waals surface area contributed by atoms with Crippen molar-refractivity contribution in [2.24, 2.45) is 0 Å². The van der Waals surface area contributed by atoms with E-state index in [1.54, 1.807) is 24.5 Å². The minimum Gasteiger partial charge on any atom is -0.492 e. The summed E-state index contributed by atoms with van der Waals surface area (Å²) < 4.78 is 19.3. The number of nitrogens with one attached hydrogen (secondary N) is 2. The molecule has 0 radical (unpaired) electrons. The van der Waals surface area contributed by atoms with E-state index in [9.17, 15) is 14.3 Å². The SMILES string of the molecule is O=C(O)C(CCN(CCCCc1ccc2c(n1)NCCC2)CCOc1ccc(F)cc1)Nc1nc(-c2cccnc2)nc2ccccc12. The van der Waals surface area contributed by atoms with Gasteiger partial charge < -0.3 is 20.5 Å². The first kappa shape index (κ1) is 32.8. The van der Waals surface area contributed by atoms with Gasteiger partial charge in [0, 0.05) is 48.7 Å². The molecule has 6 rings (SSSR count). The Labute approximate surface area is 279 Å². The Balaban J connectivity index is 1.11. The number of rotatable bonds is 16. The number of aromatic nitrogens is 4. The molecule has 1 aliphatic rings. The number of aryl methyl sites for hydroxylation is 2. The molecule has 2 aromatic carbocycles. The van der Waals surface area contributed by atoms with E-state index in [4.69, 9.17) is 19.7 Å². The van der Waals surface area contributed by atoms with Gasteiger partial charge in [0.25, 0.3) is 0 Å². The van der Waals surface area contributed by atoms with Crippen LogP contribution in [0.25, 0.3) is 22.3 Å². The minimum atomic E-state index is -0.963. The first-order chi connectivity index (χ1) is 23.5. The first-order valence-corrected chi connectivity index (χ1v) is 16.5. The predicted octanol–water partition coefficient (Wildman–Crippen LogP) is 6.24. The number of carbonyl (C=O) groups is 1. The Morgan fingerprint density at radius 3 is 2.69 bits per heavy atom. The van der Waals surface area contributed by atoms with Gasteiger partial charge in [-0.1, -0.05) is 18.2 Å². The lowest BCUT2D eigenvalue weighted by molar-refractivity contribution is -0.138.